The van der Waals surface area contributed by atoms with Crippen LogP contribution in [0.4, 0.5) is 5.69 Å². The molecular formula is C14H13N3O2. The second-order valence-electron chi connectivity index (χ2n) is 3.74. The van der Waals surface area contributed by atoms with Gasteiger partial charge in [-0.25, -0.2) is 0 Å². The molecule has 5 nitrogen and oxygen atoms in total. The van der Waals surface area contributed by atoms with Gasteiger partial charge in [0.25, 0.3) is 0 Å². The van der Waals surface area contributed by atoms with Crippen LogP contribution in [0.3, 0.4) is 0 Å². The molecule has 0 saturated carbocycles. The fourth-order valence-corrected chi connectivity index (χ4v) is 1.60. The van der Waals surface area contributed by atoms with Crippen molar-refractivity contribution in [2.75, 3.05) is 12.3 Å². The van der Waals surface area contributed by atoms with Gasteiger partial charge in [0.1, 0.15) is 11.9 Å². The molecule has 0 radical (unpaired) electrons. The van der Waals surface area contributed by atoms with E-state index < -0.39 is 0 Å². The Bertz CT molecular complexity index is 671. The molecule has 0 amide bonds. The standard InChI is InChI=1S/C14H13N3O2/c1-2-19-13(18)5-3-4-10-11(15)6-7-12-14(10)17-9-8-16-12/h6-9H,2,5,15H2,1H3. The summed E-state index contributed by atoms with van der Waals surface area (Å²) in [6, 6.07) is 3.51. The van der Waals surface area contributed by atoms with Gasteiger partial charge < -0.3 is 10.5 Å². The van der Waals surface area contributed by atoms with Gasteiger partial charge in [0, 0.05) is 18.1 Å². The number of benzene rings is 1. The predicted molar refractivity (Wildman–Crippen MR) is 72.1 cm³/mol. The molecule has 1 aromatic carbocycles. The van der Waals surface area contributed by atoms with E-state index in [0.29, 0.717) is 23.4 Å². The zero-order chi connectivity index (χ0) is 13.7. The molecule has 0 bridgehead atoms. The fraction of sp³-hybridized carbons (Fsp3) is 0.214. The summed E-state index contributed by atoms with van der Waals surface area (Å²) in [5.41, 5.74) is 8.34. The molecule has 96 valence electrons. The number of hydrogen-bond donors (Lipinski definition) is 1. The minimum atomic E-state index is -0.347. The molecule has 2 N–H and O–H groups in total. The van der Waals surface area contributed by atoms with Crippen LogP contribution in [0.1, 0.15) is 18.9 Å². The van der Waals surface area contributed by atoms with Crippen LogP contribution >= 0.6 is 0 Å². The molecule has 0 fully saturated rings. The molecule has 0 spiro atoms. The van der Waals surface area contributed by atoms with E-state index >= 15 is 0 Å². The lowest BCUT2D eigenvalue weighted by atomic mass is 10.1. The lowest BCUT2D eigenvalue weighted by Crippen LogP contribution is -2.01. The Morgan fingerprint density at radius 3 is 2.95 bits per heavy atom. The lowest BCUT2D eigenvalue weighted by Gasteiger charge is -2.02. The highest BCUT2D eigenvalue weighted by Gasteiger charge is 2.05. The van der Waals surface area contributed by atoms with Gasteiger partial charge in [0.2, 0.25) is 0 Å². The smallest absolute Gasteiger partial charge is 0.317 e. The number of nitrogen functional groups attached to an aromatic ring is 1. The number of esters is 1. The largest absolute Gasteiger partial charge is 0.465 e. The first-order valence-electron chi connectivity index (χ1n) is 5.86. The molecule has 0 aliphatic rings. The van der Waals surface area contributed by atoms with Crippen molar-refractivity contribution in [1.82, 2.24) is 9.97 Å². The minimum Gasteiger partial charge on any atom is -0.465 e. The van der Waals surface area contributed by atoms with Crippen LogP contribution in [-0.4, -0.2) is 22.5 Å². The topological polar surface area (TPSA) is 78.1 Å². The highest BCUT2D eigenvalue weighted by atomic mass is 16.5. The first kappa shape index (κ1) is 12.8. The normalized spacial score (nSPS) is 9.74. The van der Waals surface area contributed by atoms with E-state index in [4.69, 9.17) is 10.5 Å². The summed E-state index contributed by atoms with van der Waals surface area (Å²) in [6.07, 6.45) is 3.22. The van der Waals surface area contributed by atoms with Crippen molar-refractivity contribution in [3.63, 3.8) is 0 Å². The zero-order valence-corrected chi connectivity index (χ0v) is 10.5. The third-order valence-electron chi connectivity index (χ3n) is 2.42. The highest BCUT2D eigenvalue weighted by molar-refractivity contribution is 5.86. The van der Waals surface area contributed by atoms with Gasteiger partial charge in [0.15, 0.2) is 0 Å². The maximum absolute atomic E-state index is 11.2. The van der Waals surface area contributed by atoms with Crippen molar-refractivity contribution in [3.8, 4) is 11.8 Å². The van der Waals surface area contributed by atoms with Crippen LogP contribution < -0.4 is 5.73 Å². The lowest BCUT2D eigenvalue weighted by molar-refractivity contribution is -0.141. The SMILES string of the molecule is CCOC(=O)CC#Cc1c(N)ccc2nccnc12. The molecule has 0 saturated heterocycles. The van der Waals surface area contributed by atoms with Gasteiger partial charge in [-0.1, -0.05) is 11.8 Å². The third kappa shape index (κ3) is 2.99. The molecule has 0 unspecified atom stereocenters. The molecule has 0 atom stereocenters. The monoisotopic (exact) mass is 255 g/mol. The fourth-order valence-electron chi connectivity index (χ4n) is 1.60. The highest BCUT2D eigenvalue weighted by Crippen LogP contribution is 2.19. The first-order valence-corrected chi connectivity index (χ1v) is 5.86. The van der Waals surface area contributed by atoms with Crippen molar-refractivity contribution in [1.29, 1.82) is 0 Å². The summed E-state index contributed by atoms with van der Waals surface area (Å²) in [5.74, 6) is 5.27. The van der Waals surface area contributed by atoms with Crippen molar-refractivity contribution in [2.45, 2.75) is 13.3 Å². The Morgan fingerprint density at radius 2 is 2.16 bits per heavy atom. The number of anilines is 1. The summed E-state index contributed by atoms with van der Waals surface area (Å²) < 4.78 is 4.80. The van der Waals surface area contributed by atoms with Gasteiger partial charge in [-0.15, -0.1) is 0 Å². The second-order valence-corrected chi connectivity index (χ2v) is 3.74. The number of nitrogens with zero attached hydrogens (tertiary/aromatic N) is 2. The van der Waals surface area contributed by atoms with Crippen LogP contribution in [0.25, 0.3) is 11.0 Å². The quantitative estimate of drug-likeness (QED) is 0.500. The summed E-state index contributed by atoms with van der Waals surface area (Å²) in [6.45, 7) is 2.10. The number of carbonyl (C=O) groups is 1. The van der Waals surface area contributed by atoms with Crippen LogP contribution in [0, 0.1) is 11.8 Å². The van der Waals surface area contributed by atoms with E-state index in [1.165, 1.54) is 0 Å². The molecule has 1 aromatic heterocycles. The molecule has 1 heterocycles. The summed E-state index contributed by atoms with van der Waals surface area (Å²) in [4.78, 5) is 19.6. The van der Waals surface area contributed by atoms with Gasteiger partial charge in [-0.3, -0.25) is 14.8 Å². The summed E-state index contributed by atoms with van der Waals surface area (Å²) in [5, 5.41) is 0. The number of ether oxygens (including phenoxy) is 1. The minimum absolute atomic E-state index is 0.0317. The van der Waals surface area contributed by atoms with Crippen molar-refractivity contribution in [2.24, 2.45) is 0 Å². The number of fused-ring (bicyclic) bond motifs is 1. The molecule has 5 heteroatoms. The van der Waals surface area contributed by atoms with Gasteiger partial charge in [-0.05, 0) is 19.1 Å². The van der Waals surface area contributed by atoms with Gasteiger partial charge >= 0.3 is 5.97 Å². The van der Waals surface area contributed by atoms with E-state index in [2.05, 4.69) is 21.8 Å². The second kappa shape index (κ2) is 5.83. The van der Waals surface area contributed by atoms with E-state index in [1.54, 1.807) is 31.5 Å². The number of carbonyl (C=O) groups excluding carboxylic acids is 1. The van der Waals surface area contributed by atoms with E-state index in [-0.39, 0.29) is 12.4 Å². The number of hydrogen-bond acceptors (Lipinski definition) is 5. The summed E-state index contributed by atoms with van der Waals surface area (Å²) in [7, 11) is 0. The predicted octanol–water partition coefficient (Wildman–Crippen LogP) is 1.52. The van der Waals surface area contributed by atoms with Crippen molar-refractivity contribution in [3.05, 3.63) is 30.1 Å². The van der Waals surface area contributed by atoms with Crippen LogP contribution in [-0.2, 0) is 9.53 Å². The van der Waals surface area contributed by atoms with E-state index in [9.17, 15) is 4.79 Å². The number of aromatic nitrogens is 2. The van der Waals surface area contributed by atoms with E-state index in [0.717, 1.165) is 5.52 Å². The average Bonchev–Trinajstić information content (AvgIpc) is 2.41. The maximum atomic E-state index is 11.2. The Hall–Kier alpha value is -2.61. The van der Waals surface area contributed by atoms with Crippen molar-refractivity contribution < 1.29 is 9.53 Å². The zero-order valence-electron chi connectivity index (χ0n) is 10.5. The Morgan fingerprint density at radius 1 is 1.37 bits per heavy atom. The molecule has 0 aliphatic carbocycles. The van der Waals surface area contributed by atoms with Crippen molar-refractivity contribution >= 4 is 22.7 Å². The molecule has 0 aliphatic heterocycles. The molecular weight excluding hydrogens is 242 g/mol. The molecule has 19 heavy (non-hydrogen) atoms. The first-order chi connectivity index (χ1) is 9.22. The van der Waals surface area contributed by atoms with Crippen LogP contribution in [0.2, 0.25) is 0 Å². The average molecular weight is 255 g/mol. The molecule has 2 rings (SSSR count). The van der Waals surface area contributed by atoms with Gasteiger partial charge in [0.05, 0.1) is 17.7 Å². The number of nitrogens with two attached hydrogens (primary N) is 1. The maximum Gasteiger partial charge on any atom is 0.317 e. The Kier molecular flexibility index (Phi) is 3.94. The third-order valence-corrected chi connectivity index (χ3v) is 2.42. The van der Waals surface area contributed by atoms with Crippen LogP contribution in [0.15, 0.2) is 24.5 Å². The van der Waals surface area contributed by atoms with Crippen LogP contribution in [0.5, 0.6) is 0 Å². The van der Waals surface area contributed by atoms with E-state index in [1.807, 2.05) is 0 Å². The Balaban J connectivity index is 2.32. The molecule has 2 aromatic rings. The van der Waals surface area contributed by atoms with Gasteiger partial charge in [-0.2, -0.15) is 0 Å². The number of rotatable bonds is 2. The Labute approximate surface area is 110 Å². The summed E-state index contributed by atoms with van der Waals surface area (Å²) >= 11 is 0.